The summed E-state index contributed by atoms with van der Waals surface area (Å²) >= 11 is 0. The fourth-order valence-electron chi connectivity index (χ4n) is 2.88. The van der Waals surface area contributed by atoms with Gasteiger partial charge in [0, 0.05) is 12.8 Å². The van der Waals surface area contributed by atoms with Crippen LogP contribution in [0.3, 0.4) is 0 Å². The van der Waals surface area contributed by atoms with Gasteiger partial charge in [-0.1, -0.05) is 0 Å². The van der Waals surface area contributed by atoms with Crippen LogP contribution >= 0.6 is 0 Å². The molecule has 1 saturated heterocycles. The maximum absolute atomic E-state index is 12.4. The number of primary sulfonamides is 1. The van der Waals surface area contributed by atoms with Gasteiger partial charge in [-0.3, -0.25) is 4.79 Å². The topological polar surface area (TPSA) is 133 Å². The number of amides is 1. The number of phenols is 1. The zero-order chi connectivity index (χ0) is 17.3. The molecule has 8 nitrogen and oxygen atoms in total. The Balaban J connectivity index is 2.12. The lowest BCUT2D eigenvalue weighted by Gasteiger charge is -2.43. The number of rotatable bonds is 5. The second kappa shape index (κ2) is 6.44. The molecule has 0 radical (unpaired) electrons. The van der Waals surface area contributed by atoms with Crippen LogP contribution in [0.15, 0.2) is 23.1 Å². The number of benzene rings is 1. The van der Waals surface area contributed by atoms with Gasteiger partial charge in [0.15, 0.2) is 0 Å². The molecule has 1 heterocycles. The molecule has 0 bridgehead atoms. The molecule has 2 unspecified atom stereocenters. The number of phenolic OH excluding ortho intramolecular Hbond substituents is 1. The Kier molecular flexibility index (Phi) is 4.95. The van der Waals surface area contributed by atoms with Gasteiger partial charge in [0.25, 0.3) is 5.91 Å². The monoisotopic (exact) mass is 343 g/mol. The van der Waals surface area contributed by atoms with Crippen LogP contribution in [-0.2, 0) is 10.0 Å². The number of hydroxylamine groups is 3. The molecule has 0 aromatic heterocycles. The quantitative estimate of drug-likeness (QED) is 0.521. The van der Waals surface area contributed by atoms with Crippen LogP contribution in [0.4, 0.5) is 0 Å². The van der Waals surface area contributed by atoms with Crippen molar-refractivity contribution >= 4 is 15.9 Å². The molecule has 1 aliphatic rings. The first-order valence-electron chi connectivity index (χ1n) is 7.39. The van der Waals surface area contributed by atoms with Crippen LogP contribution in [-0.4, -0.2) is 49.8 Å². The van der Waals surface area contributed by atoms with Gasteiger partial charge in [0.1, 0.15) is 11.8 Å². The molecule has 0 spiro atoms. The summed E-state index contributed by atoms with van der Waals surface area (Å²) in [6.07, 6.45) is 1.53. The maximum atomic E-state index is 12.4. The Morgan fingerprint density at radius 2 is 2.22 bits per heavy atom. The fourth-order valence-corrected chi connectivity index (χ4v) is 3.42. The zero-order valence-corrected chi connectivity index (χ0v) is 13.7. The molecule has 1 fully saturated rings. The van der Waals surface area contributed by atoms with Crippen LogP contribution in [0.2, 0.25) is 0 Å². The summed E-state index contributed by atoms with van der Waals surface area (Å²) in [5, 5.41) is 29.8. The van der Waals surface area contributed by atoms with E-state index in [9.17, 15) is 23.5 Å². The number of nitrogens with zero attached hydrogens (tertiary/aromatic N) is 1. The number of aromatic hydroxyl groups is 1. The van der Waals surface area contributed by atoms with E-state index in [0.717, 1.165) is 31.0 Å². The number of quaternary nitrogens is 1. The number of carbonyl (C=O) groups excluding carboxylic acids is 1. The van der Waals surface area contributed by atoms with Gasteiger partial charge in [-0.15, -0.1) is 0 Å². The minimum atomic E-state index is -3.97. The number of hydrogen-bond acceptors (Lipinski definition) is 5. The van der Waals surface area contributed by atoms with Crippen molar-refractivity contribution in [3.63, 3.8) is 0 Å². The molecule has 2 rings (SSSR count). The highest BCUT2D eigenvalue weighted by Crippen LogP contribution is 2.25. The first-order valence-corrected chi connectivity index (χ1v) is 8.94. The Morgan fingerprint density at radius 1 is 1.52 bits per heavy atom. The van der Waals surface area contributed by atoms with E-state index in [2.05, 4.69) is 5.32 Å². The lowest BCUT2D eigenvalue weighted by Crippen LogP contribution is -2.51. The number of nitrogens with two attached hydrogens (primary N) is 1. The molecule has 9 heteroatoms. The predicted octanol–water partition coefficient (Wildman–Crippen LogP) is 0.266. The van der Waals surface area contributed by atoms with Crippen molar-refractivity contribution < 1.29 is 23.0 Å². The minimum absolute atomic E-state index is 0.176. The average Bonchev–Trinajstić information content (AvgIpc) is 2.86. The van der Waals surface area contributed by atoms with Crippen LogP contribution in [0.5, 0.6) is 5.75 Å². The number of sulfonamides is 1. The SMILES string of the molecule is CC[N+]1([O-])CCCC1CNC(=O)c1cc(S(N)(=O)=O)ccc1O. The van der Waals surface area contributed by atoms with Gasteiger partial charge in [-0.25, -0.2) is 13.6 Å². The molecular weight excluding hydrogens is 322 g/mol. The first-order chi connectivity index (χ1) is 10.7. The van der Waals surface area contributed by atoms with Crippen LogP contribution < -0.4 is 10.5 Å². The lowest BCUT2D eigenvalue weighted by molar-refractivity contribution is -0.889. The van der Waals surface area contributed by atoms with E-state index in [-0.39, 0.29) is 33.4 Å². The van der Waals surface area contributed by atoms with Crippen LogP contribution in [0.1, 0.15) is 30.1 Å². The van der Waals surface area contributed by atoms with E-state index in [0.29, 0.717) is 13.1 Å². The van der Waals surface area contributed by atoms with Gasteiger partial charge in [-0.2, -0.15) is 0 Å². The first kappa shape index (κ1) is 17.7. The summed E-state index contributed by atoms with van der Waals surface area (Å²) < 4.78 is 22.3. The molecule has 1 aliphatic heterocycles. The maximum Gasteiger partial charge on any atom is 0.255 e. The Hall–Kier alpha value is -1.68. The third-order valence-electron chi connectivity index (χ3n) is 4.31. The van der Waals surface area contributed by atoms with Gasteiger partial charge < -0.3 is 20.3 Å². The number of likely N-dealkylation sites (N-methyl/N-ethyl adjacent to an activating group) is 1. The van der Waals surface area contributed by atoms with Crippen LogP contribution in [0, 0.1) is 5.21 Å². The second-order valence-corrected chi connectivity index (χ2v) is 7.28. The highest BCUT2D eigenvalue weighted by atomic mass is 32.2. The van der Waals surface area contributed by atoms with Crippen molar-refractivity contribution in [2.75, 3.05) is 19.6 Å². The molecule has 0 aliphatic carbocycles. The Morgan fingerprint density at radius 3 is 2.83 bits per heavy atom. The standard InChI is InChI=1S/C14H21N3O5S/c1-2-17(20)7-3-4-10(17)9-16-14(19)12-8-11(23(15,21)22)5-6-13(12)18/h5-6,8,10,18H,2-4,7,9H2,1H3,(H,16,19)(H2,15,21,22). The molecule has 4 N–H and O–H groups in total. The summed E-state index contributed by atoms with van der Waals surface area (Å²) in [4.78, 5) is 11.9. The summed E-state index contributed by atoms with van der Waals surface area (Å²) in [5.74, 6) is -0.984. The van der Waals surface area contributed by atoms with E-state index in [1.54, 1.807) is 0 Å². The largest absolute Gasteiger partial charge is 0.633 e. The molecule has 1 aromatic carbocycles. The van der Waals surface area contributed by atoms with Crippen molar-refractivity contribution in [1.29, 1.82) is 0 Å². The Bertz CT molecular complexity index is 706. The highest BCUT2D eigenvalue weighted by molar-refractivity contribution is 7.89. The third-order valence-corrected chi connectivity index (χ3v) is 5.23. The molecule has 1 aromatic rings. The van der Waals surface area contributed by atoms with E-state index < -0.39 is 15.9 Å². The molecule has 0 saturated carbocycles. The van der Waals surface area contributed by atoms with Gasteiger partial charge >= 0.3 is 0 Å². The van der Waals surface area contributed by atoms with Crippen molar-refractivity contribution in [2.45, 2.75) is 30.7 Å². The molecule has 1 amide bonds. The zero-order valence-electron chi connectivity index (χ0n) is 12.9. The number of carbonyl (C=O) groups is 1. The van der Waals surface area contributed by atoms with E-state index in [1.807, 2.05) is 6.92 Å². The molecule has 2 atom stereocenters. The summed E-state index contributed by atoms with van der Waals surface area (Å²) in [6, 6.07) is 3.01. The summed E-state index contributed by atoms with van der Waals surface area (Å²) in [6.45, 7) is 2.96. The summed E-state index contributed by atoms with van der Waals surface area (Å²) in [7, 11) is -3.97. The number of nitrogens with one attached hydrogen (secondary N) is 1. The molecule has 23 heavy (non-hydrogen) atoms. The normalized spacial score (nSPS) is 24.6. The smallest absolute Gasteiger partial charge is 0.255 e. The predicted molar refractivity (Wildman–Crippen MR) is 83.9 cm³/mol. The molecular formula is C14H21N3O5S. The average molecular weight is 343 g/mol. The van der Waals surface area contributed by atoms with Gasteiger partial charge in [0.05, 0.1) is 30.1 Å². The number of hydrogen-bond donors (Lipinski definition) is 3. The summed E-state index contributed by atoms with van der Waals surface area (Å²) in [5.41, 5.74) is -0.185. The highest BCUT2D eigenvalue weighted by Gasteiger charge is 2.33. The third kappa shape index (κ3) is 3.81. The lowest BCUT2D eigenvalue weighted by atomic mass is 10.1. The van der Waals surface area contributed by atoms with E-state index in [4.69, 9.17) is 5.14 Å². The van der Waals surface area contributed by atoms with Crippen molar-refractivity contribution in [1.82, 2.24) is 5.32 Å². The van der Waals surface area contributed by atoms with E-state index >= 15 is 0 Å². The molecule has 128 valence electrons. The van der Waals surface area contributed by atoms with Gasteiger partial charge in [0.2, 0.25) is 10.0 Å². The minimum Gasteiger partial charge on any atom is -0.633 e. The fraction of sp³-hybridized carbons (Fsp3) is 0.500. The van der Waals surface area contributed by atoms with Crippen molar-refractivity contribution in [3.05, 3.63) is 29.0 Å². The van der Waals surface area contributed by atoms with Gasteiger partial charge in [-0.05, 0) is 25.1 Å². The second-order valence-electron chi connectivity index (χ2n) is 5.72. The van der Waals surface area contributed by atoms with Crippen LogP contribution in [0.25, 0.3) is 0 Å². The number of likely N-dealkylation sites (tertiary alicyclic amines) is 1. The Labute approximate surface area is 135 Å². The van der Waals surface area contributed by atoms with E-state index in [1.165, 1.54) is 0 Å². The van der Waals surface area contributed by atoms with Crippen molar-refractivity contribution in [3.8, 4) is 5.75 Å². The van der Waals surface area contributed by atoms with Crippen molar-refractivity contribution in [2.24, 2.45) is 5.14 Å².